The molecule has 134 valence electrons. The standard InChI is InChI=1S/C19H19ClN4OS/c1-2-11-25-18-6-4-3-5-16(18)12-22-24-14-21-23-19(24)26-13-15-7-9-17(20)10-8-15/h3-10,12,14H,2,11,13H2,1H3/b22-12+. The SMILES string of the molecule is CCCOc1ccccc1/C=N/n1cnnc1SCc1ccc(Cl)cc1. The zero-order valence-electron chi connectivity index (χ0n) is 14.4. The van der Waals surface area contributed by atoms with Crippen LogP contribution in [0.15, 0.2) is 65.1 Å². The van der Waals surface area contributed by atoms with Crippen molar-refractivity contribution in [2.24, 2.45) is 5.10 Å². The molecule has 3 aromatic rings. The van der Waals surface area contributed by atoms with Gasteiger partial charge in [-0.05, 0) is 36.2 Å². The summed E-state index contributed by atoms with van der Waals surface area (Å²) in [7, 11) is 0. The van der Waals surface area contributed by atoms with Gasteiger partial charge in [0.15, 0.2) is 0 Å². The van der Waals surface area contributed by atoms with Gasteiger partial charge in [-0.1, -0.05) is 54.6 Å². The molecule has 0 aliphatic carbocycles. The quantitative estimate of drug-likeness (QED) is 0.408. The summed E-state index contributed by atoms with van der Waals surface area (Å²) in [5.74, 6) is 1.59. The lowest BCUT2D eigenvalue weighted by Gasteiger charge is -2.07. The molecule has 2 aromatic carbocycles. The number of thioether (sulfide) groups is 1. The molecular weight excluding hydrogens is 368 g/mol. The van der Waals surface area contributed by atoms with Crippen LogP contribution in [0.4, 0.5) is 0 Å². The van der Waals surface area contributed by atoms with Crippen molar-refractivity contribution in [3.05, 3.63) is 71.0 Å². The van der Waals surface area contributed by atoms with Crippen molar-refractivity contribution < 1.29 is 4.74 Å². The van der Waals surface area contributed by atoms with Crippen LogP contribution in [-0.2, 0) is 5.75 Å². The number of halogens is 1. The van der Waals surface area contributed by atoms with Gasteiger partial charge in [0.25, 0.3) is 0 Å². The maximum atomic E-state index is 5.92. The van der Waals surface area contributed by atoms with Crippen LogP contribution in [-0.4, -0.2) is 27.7 Å². The van der Waals surface area contributed by atoms with Crippen LogP contribution in [0, 0.1) is 0 Å². The van der Waals surface area contributed by atoms with Gasteiger partial charge in [0, 0.05) is 16.3 Å². The first-order valence-electron chi connectivity index (χ1n) is 8.29. The van der Waals surface area contributed by atoms with Gasteiger partial charge >= 0.3 is 0 Å². The second-order valence-electron chi connectivity index (χ2n) is 5.50. The maximum Gasteiger partial charge on any atom is 0.212 e. The van der Waals surface area contributed by atoms with E-state index < -0.39 is 0 Å². The molecule has 7 heteroatoms. The van der Waals surface area contributed by atoms with Gasteiger partial charge in [-0.2, -0.15) is 9.78 Å². The Hall–Kier alpha value is -2.31. The van der Waals surface area contributed by atoms with Crippen molar-refractivity contribution in [3.8, 4) is 5.75 Å². The first-order valence-corrected chi connectivity index (χ1v) is 9.66. The third-order valence-electron chi connectivity index (χ3n) is 3.48. The fraction of sp³-hybridized carbons (Fsp3) is 0.211. The monoisotopic (exact) mass is 386 g/mol. The summed E-state index contributed by atoms with van der Waals surface area (Å²) >= 11 is 7.49. The highest BCUT2D eigenvalue weighted by atomic mass is 35.5. The molecule has 0 N–H and O–H groups in total. The van der Waals surface area contributed by atoms with E-state index in [-0.39, 0.29) is 0 Å². The van der Waals surface area contributed by atoms with Crippen molar-refractivity contribution in [1.82, 2.24) is 14.9 Å². The number of aromatic nitrogens is 3. The van der Waals surface area contributed by atoms with E-state index >= 15 is 0 Å². The molecule has 5 nitrogen and oxygen atoms in total. The molecule has 0 aliphatic rings. The topological polar surface area (TPSA) is 52.3 Å². The second kappa shape index (κ2) is 9.40. The maximum absolute atomic E-state index is 5.92. The fourth-order valence-corrected chi connectivity index (χ4v) is 3.12. The Bertz CT molecular complexity index is 864. The summed E-state index contributed by atoms with van der Waals surface area (Å²) < 4.78 is 7.42. The lowest BCUT2D eigenvalue weighted by atomic mass is 10.2. The predicted octanol–water partition coefficient (Wildman–Crippen LogP) is 4.89. The summed E-state index contributed by atoms with van der Waals surface area (Å²) in [6, 6.07) is 15.6. The molecule has 1 heterocycles. The number of hydrogen-bond donors (Lipinski definition) is 0. The Morgan fingerprint density at radius 3 is 2.81 bits per heavy atom. The van der Waals surface area contributed by atoms with Gasteiger partial charge in [-0.25, -0.2) is 0 Å². The normalized spacial score (nSPS) is 11.2. The van der Waals surface area contributed by atoms with Crippen LogP contribution in [0.5, 0.6) is 5.75 Å². The molecule has 0 fully saturated rings. The summed E-state index contributed by atoms with van der Waals surface area (Å²) in [4.78, 5) is 0. The van der Waals surface area contributed by atoms with E-state index in [4.69, 9.17) is 16.3 Å². The number of benzene rings is 2. The molecule has 26 heavy (non-hydrogen) atoms. The van der Waals surface area contributed by atoms with Crippen LogP contribution in [0.2, 0.25) is 5.02 Å². The van der Waals surface area contributed by atoms with Crippen LogP contribution >= 0.6 is 23.4 Å². The first-order chi connectivity index (χ1) is 12.8. The molecule has 0 bridgehead atoms. The number of para-hydroxylation sites is 1. The van der Waals surface area contributed by atoms with Gasteiger partial charge in [0.05, 0.1) is 12.8 Å². The Morgan fingerprint density at radius 1 is 1.19 bits per heavy atom. The minimum atomic E-state index is 0.680. The second-order valence-corrected chi connectivity index (χ2v) is 6.88. The molecule has 0 radical (unpaired) electrons. The third-order valence-corrected chi connectivity index (χ3v) is 4.74. The van der Waals surface area contributed by atoms with Crippen molar-refractivity contribution in [1.29, 1.82) is 0 Å². The Labute approximate surface area is 162 Å². The highest BCUT2D eigenvalue weighted by molar-refractivity contribution is 7.98. The molecular formula is C19H19ClN4OS. The smallest absolute Gasteiger partial charge is 0.212 e. The average Bonchev–Trinajstić information content (AvgIpc) is 3.12. The minimum absolute atomic E-state index is 0.680. The largest absolute Gasteiger partial charge is 0.493 e. The van der Waals surface area contributed by atoms with Crippen molar-refractivity contribution in [2.45, 2.75) is 24.3 Å². The molecule has 0 saturated heterocycles. The van der Waals surface area contributed by atoms with Gasteiger partial charge in [0.2, 0.25) is 5.16 Å². The fourth-order valence-electron chi connectivity index (χ4n) is 2.18. The van der Waals surface area contributed by atoms with E-state index in [0.717, 1.165) is 39.2 Å². The lowest BCUT2D eigenvalue weighted by Crippen LogP contribution is -1.99. The van der Waals surface area contributed by atoms with E-state index in [1.807, 2.05) is 48.5 Å². The molecule has 1 aromatic heterocycles. The molecule has 0 unspecified atom stereocenters. The summed E-state index contributed by atoms with van der Waals surface area (Å²) in [5.41, 5.74) is 2.08. The summed E-state index contributed by atoms with van der Waals surface area (Å²) in [5, 5.41) is 14.0. The van der Waals surface area contributed by atoms with Gasteiger partial charge in [-0.3, -0.25) is 0 Å². The lowest BCUT2D eigenvalue weighted by molar-refractivity contribution is 0.317. The molecule has 0 spiro atoms. The van der Waals surface area contributed by atoms with Crippen LogP contribution in [0.25, 0.3) is 0 Å². The van der Waals surface area contributed by atoms with Crippen LogP contribution < -0.4 is 4.74 Å². The van der Waals surface area contributed by atoms with Crippen molar-refractivity contribution in [3.63, 3.8) is 0 Å². The Kier molecular flexibility index (Phi) is 6.68. The highest BCUT2D eigenvalue weighted by Gasteiger charge is 2.06. The molecule has 0 aliphatic heterocycles. The van der Waals surface area contributed by atoms with E-state index in [9.17, 15) is 0 Å². The predicted molar refractivity (Wildman–Crippen MR) is 106 cm³/mol. The third kappa shape index (κ3) is 5.09. The van der Waals surface area contributed by atoms with Crippen molar-refractivity contribution >= 4 is 29.6 Å². The van der Waals surface area contributed by atoms with Crippen LogP contribution in [0.3, 0.4) is 0 Å². The highest BCUT2D eigenvalue weighted by Crippen LogP contribution is 2.22. The van der Waals surface area contributed by atoms with Gasteiger partial charge in [-0.15, -0.1) is 10.2 Å². The summed E-state index contributed by atoms with van der Waals surface area (Å²) in [6.07, 6.45) is 4.32. The molecule has 3 rings (SSSR count). The van der Waals surface area contributed by atoms with Crippen molar-refractivity contribution in [2.75, 3.05) is 6.61 Å². The molecule has 0 amide bonds. The van der Waals surface area contributed by atoms with Gasteiger partial charge < -0.3 is 4.74 Å². The van der Waals surface area contributed by atoms with E-state index in [0.29, 0.717) is 6.61 Å². The summed E-state index contributed by atoms with van der Waals surface area (Å²) in [6.45, 7) is 2.76. The minimum Gasteiger partial charge on any atom is -0.493 e. The zero-order chi connectivity index (χ0) is 18.2. The Morgan fingerprint density at radius 2 is 2.00 bits per heavy atom. The number of hydrogen-bond acceptors (Lipinski definition) is 5. The van der Waals surface area contributed by atoms with Gasteiger partial charge in [0.1, 0.15) is 12.1 Å². The first kappa shape index (κ1) is 18.5. The zero-order valence-corrected chi connectivity index (χ0v) is 16.0. The Balaban J connectivity index is 1.69. The van der Waals surface area contributed by atoms with Crippen LogP contribution in [0.1, 0.15) is 24.5 Å². The number of rotatable bonds is 8. The molecule has 0 atom stereocenters. The number of nitrogens with zero attached hydrogens (tertiary/aromatic N) is 4. The van der Waals surface area contributed by atoms with E-state index in [1.165, 1.54) is 0 Å². The molecule has 0 saturated carbocycles. The average molecular weight is 387 g/mol. The van der Waals surface area contributed by atoms with E-state index in [1.54, 1.807) is 29.0 Å². The number of ether oxygens (including phenoxy) is 1. The van der Waals surface area contributed by atoms with E-state index in [2.05, 4.69) is 22.2 Å².